The largest absolute Gasteiger partial charge is 0.396 e. The van der Waals surface area contributed by atoms with E-state index in [1.165, 1.54) is 0 Å². The highest BCUT2D eigenvalue weighted by molar-refractivity contribution is 4.91. The molecule has 5 N–H and O–H groups in total. The topological polar surface area (TPSA) is 93.0 Å². The molecule has 1 heterocycles. The van der Waals surface area contributed by atoms with Gasteiger partial charge in [0.15, 0.2) is 0 Å². The summed E-state index contributed by atoms with van der Waals surface area (Å²) in [6, 6.07) is -0.326. The molecule has 0 aromatic carbocycles. The van der Waals surface area contributed by atoms with Crippen molar-refractivity contribution in [3.8, 4) is 0 Å². The molecule has 0 spiro atoms. The number of hydrogen-bond acceptors (Lipinski definition) is 5. The number of hydrogen-bond donors (Lipinski definition) is 5. The van der Waals surface area contributed by atoms with Gasteiger partial charge in [-0.05, 0) is 6.42 Å². The number of aliphatic hydroxyl groups excluding tert-OH is 4. The predicted octanol–water partition coefficient (Wildman–Crippen LogP) is -2.58. The number of rotatable bonds is 2. The van der Waals surface area contributed by atoms with Gasteiger partial charge < -0.3 is 25.7 Å². The van der Waals surface area contributed by atoms with E-state index in [1.807, 2.05) is 0 Å². The molecule has 0 aromatic heterocycles. The molecule has 1 aliphatic heterocycles. The van der Waals surface area contributed by atoms with E-state index in [0.717, 1.165) is 0 Å². The fraction of sp³-hybridized carbons (Fsp3) is 1.00. The molecule has 72 valence electrons. The SMILES string of the molecule is OCC[C@@H]1NC[C@H](O)[C@@H](O)[C@@H]1O. The second-order valence-corrected chi connectivity index (χ2v) is 3.08. The molecule has 1 aliphatic rings. The number of aliphatic hydroxyl groups is 4. The van der Waals surface area contributed by atoms with Gasteiger partial charge in [0.05, 0.1) is 12.2 Å². The Bertz CT molecular complexity index is 143. The summed E-state index contributed by atoms with van der Waals surface area (Å²) in [5.41, 5.74) is 0. The van der Waals surface area contributed by atoms with Gasteiger partial charge in [0.25, 0.3) is 0 Å². The van der Waals surface area contributed by atoms with Gasteiger partial charge in [0.2, 0.25) is 0 Å². The Balaban J connectivity index is 2.46. The fourth-order valence-corrected chi connectivity index (χ4v) is 1.39. The third-order valence-corrected chi connectivity index (χ3v) is 2.19. The third-order valence-electron chi connectivity index (χ3n) is 2.19. The van der Waals surface area contributed by atoms with E-state index < -0.39 is 18.3 Å². The van der Waals surface area contributed by atoms with Crippen molar-refractivity contribution in [1.29, 1.82) is 0 Å². The van der Waals surface area contributed by atoms with Crippen LogP contribution in [0.15, 0.2) is 0 Å². The van der Waals surface area contributed by atoms with Crippen LogP contribution >= 0.6 is 0 Å². The summed E-state index contributed by atoms with van der Waals surface area (Å²) < 4.78 is 0. The highest BCUT2D eigenvalue weighted by Crippen LogP contribution is 2.12. The number of piperidine rings is 1. The minimum Gasteiger partial charge on any atom is -0.396 e. The van der Waals surface area contributed by atoms with Crippen LogP contribution in [0.25, 0.3) is 0 Å². The molecule has 0 aliphatic carbocycles. The first kappa shape index (κ1) is 9.88. The molecule has 0 unspecified atom stereocenters. The minimum atomic E-state index is -1.11. The van der Waals surface area contributed by atoms with Crippen LogP contribution in [-0.2, 0) is 0 Å². The van der Waals surface area contributed by atoms with Gasteiger partial charge >= 0.3 is 0 Å². The smallest absolute Gasteiger partial charge is 0.108 e. The van der Waals surface area contributed by atoms with Gasteiger partial charge in [-0.1, -0.05) is 0 Å². The molecule has 0 saturated carbocycles. The van der Waals surface area contributed by atoms with Crippen molar-refractivity contribution >= 4 is 0 Å². The standard InChI is InChI=1S/C7H15NO4/c9-2-1-4-6(11)7(12)5(10)3-8-4/h4-12H,1-3H2/t4-,5-,6+,7+/m0/s1. The summed E-state index contributed by atoms with van der Waals surface area (Å²) in [4.78, 5) is 0. The third kappa shape index (κ3) is 1.94. The lowest BCUT2D eigenvalue weighted by atomic mass is 9.94. The maximum Gasteiger partial charge on any atom is 0.108 e. The normalized spacial score (nSPS) is 43.0. The van der Waals surface area contributed by atoms with Crippen LogP contribution in [0.3, 0.4) is 0 Å². The first-order valence-electron chi connectivity index (χ1n) is 4.05. The summed E-state index contributed by atoms with van der Waals surface area (Å²) >= 11 is 0. The van der Waals surface area contributed by atoms with E-state index >= 15 is 0 Å². The maximum absolute atomic E-state index is 9.36. The molecule has 0 amide bonds. The van der Waals surface area contributed by atoms with Crippen LogP contribution in [0.1, 0.15) is 6.42 Å². The first-order chi connectivity index (χ1) is 5.66. The van der Waals surface area contributed by atoms with Crippen molar-refractivity contribution in [2.24, 2.45) is 0 Å². The molecule has 12 heavy (non-hydrogen) atoms. The molecular weight excluding hydrogens is 162 g/mol. The molecule has 1 saturated heterocycles. The molecule has 0 aromatic rings. The van der Waals surface area contributed by atoms with Gasteiger partial charge in [-0.2, -0.15) is 0 Å². The van der Waals surface area contributed by atoms with E-state index in [-0.39, 0.29) is 19.2 Å². The zero-order chi connectivity index (χ0) is 9.14. The van der Waals surface area contributed by atoms with Crippen LogP contribution in [0, 0.1) is 0 Å². The lowest BCUT2D eigenvalue weighted by molar-refractivity contribution is -0.0965. The Hall–Kier alpha value is -0.200. The molecule has 4 atom stereocenters. The summed E-state index contributed by atoms with van der Waals surface area (Å²) in [6.45, 7) is 0.209. The molecule has 1 fully saturated rings. The maximum atomic E-state index is 9.36. The van der Waals surface area contributed by atoms with E-state index in [1.54, 1.807) is 0 Å². The van der Waals surface area contributed by atoms with Crippen molar-refractivity contribution in [2.75, 3.05) is 13.2 Å². The lowest BCUT2D eigenvalue weighted by Crippen LogP contribution is -2.59. The highest BCUT2D eigenvalue weighted by Gasteiger charge is 2.35. The van der Waals surface area contributed by atoms with Gasteiger partial charge in [0, 0.05) is 19.2 Å². The number of β-amino-alcohol motifs (C(OH)–C–C–N with tert-alkyl or cyclic N) is 1. The molecule has 5 heteroatoms. The van der Waals surface area contributed by atoms with E-state index in [4.69, 9.17) is 10.2 Å². The fourth-order valence-electron chi connectivity index (χ4n) is 1.39. The molecule has 1 rings (SSSR count). The van der Waals surface area contributed by atoms with Crippen LogP contribution in [0.4, 0.5) is 0 Å². The van der Waals surface area contributed by atoms with Crippen LogP contribution in [-0.4, -0.2) is 57.9 Å². The second-order valence-electron chi connectivity index (χ2n) is 3.08. The van der Waals surface area contributed by atoms with Gasteiger partial charge in [-0.25, -0.2) is 0 Å². The minimum absolute atomic E-state index is 0.0441. The van der Waals surface area contributed by atoms with Gasteiger partial charge in [-0.15, -0.1) is 0 Å². The molecular formula is C7H15NO4. The zero-order valence-electron chi connectivity index (χ0n) is 6.72. The Morgan fingerprint density at radius 3 is 2.42 bits per heavy atom. The average Bonchev–Trinajstić information content (AvgIpc) is 2.07. The van der Waals surface area contributed by atoms with E-state index in [9.17, 15) is 10.2 Å². The quantitative estimate of drug-likeness (QED) is 0.319. The van der Waals surface area contributed by atoms with Crippen molar-refractivity contribution in [3.63, 3.8) is 0 Å². The first-order valence-corrected chi connectivity index (χ1v) is 4.05. The van der Waals surface area contributed by atoms with Gasteiger partial charge in [0.1, 0.15) is 6.10 Å². The van der Waals surface area contributed by atoms with Crippen LogP contribution in [0.2, 0.25) is 0 Å². The molecule has 0 radical (unpaired) electrons. The number of nitrogens with one attached hydrogen (secondary N) is 1. The van der Waals surface area contributed by atoms with Crippen LogP contribution in [0.5, 0.6) is 0 Å². The van der Waals surface area contributed by atoms with Crippen molar-refractivity contribution in [1.82, 2.24) is 5.32 Å². The second kappa shape index (κ2) is 4.15. The van der Waals surface area contributed by atoms with Crippen LogP contribution < -0.4 is 5.32 Å². The zero-order valence-corrected chi connectivity index (χ0v) is 6.72. The molecule has 0 bridgehead atoms. The van der Waals surface area contributed by atoms with Crippen molar-refractivity contribution in [3.05, 3.63) is 0 Å². The predicted molar refractivity (Wildman–Crippen MR) is 41.5 cm³/mol. The van der Waals surface area contributed by atoms with Gasteiger partial charge in [-0.3, -0.25) is 0 Å². The highest BCUT2D eigenvalue weighted by atomic mass is 16.4. The van der Waals surface area contributed by atoms with E-state index in [0.29, 0.717) is 6.42 Å². The summed E-state index contributed by atoms with van der Waals surface area (Å²) in [6.07, 6.45) is -2.65. The molecule has 5 nitrogen and oxygen atoms in total. The Labute approximate surface area is 70.6 Å². The average molecular weight is 177 g/mol. The summed E-state index contributed by atoms with van der Waals surface area (Å²) in [5.74, 6) is 0. The summed E-state index contributed by atoms with van der Waals surface area (Å²) in [7, 11) is 0. The van der Waals surface area contributed by atoms with E-state index in [2.05, 4.69) is 5.32 Å². The Morgan fingerprint density at radius 2 is 1.83 bits per heavy atom. The lowest BCUT2D eigenvalue weighted by Gasteiger charge is -2.35. The van der Waals surface area contributed by atoms with Crippen molar-refractivity contribution < 1.29 is 20.4 Å². The summed E-state index contributed by atoms with van der Waals surface area (Å²) in [5, 5.41) is 39.1. The monoisotopic (exact) mass is 177 g/mol. The Morgan fingerprint density at radius 1 is 1.17 bits per heavy atom. The van der Waals surface area contributed by atoms with Crippen molar-refractivity contribution in [2.45, 2.75) is 30.8 Å². The Kier molecular flexibility index (Phi) is 3.42.